The molecule has 4 N–H and O–H groups in total. The third-order valence-corrected chi connectivity index (χ3v) is 3.38. The molecule has 1 aliphatic carbocycles. The summed E-state index contributed by atoms with van der Waals surface area (Å²) in [6.45, 7) is 0.432. The molecule has 5 nitrogen and oxygen atoms in total. The van der Waals surface area contributed by atoms with Gasteiger partial charge in [0.1, 0.15) is 0 Å². The van der Waals surface area contributed by atoms with Crippen molar-refractivity contribution in [3.05, 3.63) is 23.8 Å². The normalized spacial score (nSPS) is 22.9. The number of nitrogens with one attached hydrogen (secondary N) is 1. The second-order valence-electron chi connectivity index (χ2n) is 4.67. The van der Waals surface area contributed by atoms with Gasteiger partial charge in [-0.1, -0.05) is 6.42 Å². The lowest BCUT2D eigenvalue weighted by atomic mass is 10.1. The number of benzene rings is 1. The molecule has 98 valence electrons. The summed E-state index contributed by atoms with van der Waals surface area (Å²) >= 11 is 0. The van der Waals surface area contributed by atoms with E-state index in [1.807, 2.05) is 0 Å². The Balaban J connectivity index is 1.93. The van der Waals surface area contributed by atoms with E-state index < -0.39 is 0 Å². The number of amides is 1. The van der Waals surface area contributed by atoms with Gasteiger partial charge in [-0.25, -0.2) is 0 Å². The van der Waals surface area contributed by atoms with Crippen LogP contribution in [0.4, 0.5) is 0 Å². The zero-order chi connectivity index (χ0) is 13.1. The van der Waals surface area contributed by atoms with Crippen molar-refractivity contribution in [2.45, 2.75) is 25.4 Å². The molecule has 2 rings (SSSR count). The molecule has 0 saturated heterocycles. The minimum Gasteiger partial charge on any atom is -0.504 e. The Morgan fingerprint density at radius 2 is 2.06 bits per heavy atom. The summed E-state index contributed by atoms with van der Waals surface area (Å²) in [5.74, 6) is -0.773. The van der Waals surface area contributed by atoms with Crippen molar-refractivity contribution in [1.82, 2.24) is 5.32 Å². The molecule has 1 aromatic carbocycles. The number of carbonyl (C=O) groups is 1. The van der Waals surface area contributed by atoms with Crippen molar-refractivity contribution >= 4 is 5.91 Å². The smallest absolute Gasteiger partial charge is 0.251 e. The highest BCUT2D eigenvalue weighted by molar-refractivity contribution is 5.94. The molecule has 2 atom stereocenters. The Morgan fingerprint density at radius 1 is 1.28 bits per heavy atom. The summed E-state index contributed by atoms with van der Waals surface area (Å²) in [6, 6.07) is 3.93. The van der Waals surface area contributed by atoms with Crippen molar-refractivity contribution in [3.63, 3.8) is 0 Å². The van der Waals surface area contributed by atoms with Gasteiger partial charge >= 0.3 is 0 Å². The number of carbonyl (C=O) groups excluding carboxylic acids is 1. The van der Waals surface area contributed by atoms with Crippen LogP contribution in [0.3, 0.4) is 0 Å². The second-order valence-corrected chi connectivity index (χ2v) is 4.67. The maximum Gasteiger partial charge on any atom is 0.251 e. The lowest BCUT2D eigenvalue weighted by molar-refractivity contribution is 0.0916. The third kappa shape index (κ3) is 2.73. The van der Waals surface area contributed by atoms with Crippen LogP contribution in [-0.2, 0) is 0 Å². The number of phenolic OH excluding ortho intramolecular Hbond substituents is 2. The molecule has 1 aliphatic rings. The molecular formula is C13H17NO4. The molecule has 0 bridgehead atoms. The zero-order valence-electron chi connectivity index (χ0n) is 9.97. The van der Waals surface area contributed by atoms with E-state index in [1.54, 1.807) is 0 Å². The first-order chi connectivity index (χ1) is 8.58. The van der Waals surface area contributed by atoms with Crippen LogP contribution in [0, 0.1) is 5.92 Å². The van der Waals surface area contributed by atoms with E-state index in [0.717, 1.165) is 19.3 Å². The van der Waals surface area contributed by atoms with Gasteiger partial charge in [0.05, 0.1) is 6.10 Å². The first kappa shape index (κ1) is 12.7. The first-order valence-electron chi connectivity index (χ1n) is 6.06. The standard InChI is InChI=1S/C13H17NO4/c15-10-3-1-2-9(10)7-14-13(18)8-4-5-11(16)12(17)6-8/h4-6,9-10,15-17H,1-3,7H2,(H,14,18). The van der Waals surface area contributed by atoms with Crippen molar-refractivity contribution in [3.8, 4) is 11.5 Å². The SMILES string of the molecule is O=C(NCC1CCCC1O)c1ccc(O)c(O)c1. The van der Waals surface area contributed by atoms with E-state index in [9.17, 15) is 15.0 Å². The van der Waals surface area contributed by atoms with E-state index in [0.29, 0.717) is 6.54 Å². The van der Waals surface area contributed by atoms with Gasteiger partial charge < -0.3 is 20.6 Å². The zero-order valence-corrected chi connectivity index (χ0v) is 9.97. The van der Waals surface area contributed by atoms with Crippen LogP contribution in [0.1, 0.15) is 29.6 Å². The van der Waals surface area contributed by atoms with Crippen LogP contribution in [-0.4, -0.2) is 33.9 Å². The van der Waals surface area contributed by atoms with E-state index in [2.05, 4.69) is 5.32 Å². The molecule has 1 saturated carbocycles. The van der Waals surface area contributed by atoms with Gasteiger partial charge in [-0.05, 0) is 31.0 Å². The second kappa shape index (κ2) is 5.27. The molecule has 0 radical (unpaired) electrons. The lowest BCUT2D eigenvalue weighted by Gasteiger charge is -2.15. The van der Waals surface area contributed by atoms with E-state index in [1.165, 1.54) is 18.2 Å². The summed E-state index contributed by atoms with van der Waals surface area (Å²) in [4.78, 5) is 11.8. The van der Waals surface area contributed by atoms with Crippen LogP contribution in [0.2, 0.25) is 0 Å². The van der Waals surface area contributed by atoms with Crippen LogP contribution in [0.15, 0.2) is 18.2 Å². The maximum absolute atomic E-state index is 11.8. The summed E-state index contributed by atoms with van der Waals surface area (Å²) in [5.41, 5.74) is 0.290. The largest absolute Gasteiger partial charge is 0.504 e. The van der Waals surface area contributed by atoms with Gasteiger partial charge in [-0.2, -0.15) is 0 Å². The molecular weight excluding hydrogens is 234 g/mol. The number of aliphatic hydroxyl groups excluding tert-OH is 1. The average molecular weight is 251 g/mol. The fourth-order valence-corrected chi connectivity index (χ4v) is 2.25. The highest BCUT2D eigenvalue weighted by Gasteiger charge is 2.25. The molecule has 2 unspecified atom stereocenters. The van der Waals surface area contributed by atoms with Gasteiger partial charge in [0.2, 0.25) is 0 Å². The van der Waals surface area contributed by atoms with Gasteiger partial charge in [0, 0.05) is 18.0 Å². The summed E-state index contributed by atoms with van der Waals surface area (Å²) in [6.07, 6.45) is 2.36. The fourth-order valence-electron chi connectivity index (χ4n) is 2.25. The van der Waals surface area contributed by atoms with Crippen LogP contribution >= 0.6 is 0 Å². The molecule has 0 aromatic heterocycles. The third-order valence-electron chi connectivity index (χ3n) is 3.38. The highest BCUT2D eigenvalue weighted by atomic mass is 16.3. The number of aromatic hydroxyl groups is 2. The van der Waals surface area contributed by atoms with Crippen molar-refractivity contribution in [2.24, 2.45) is 5.92 Å². The van der Waals surface area contributed by atoms with Crippen LogP contribution < -0.4 is 5.32 Å². The molecule has 1 fully saturated rings. The number of rotatable bonds is 3. The number of hydrogen-bond acceptors (Lipinski definition) is 4. The molecule has 0 heterocycles. The lowest BCUT2D eigenvalue weighted by Crippen LogP contribution is -2.32. The minimum atomic E-state index is -0.335. The molecule has 1 amide bonds. The first-order valence-corrected chi connectivity index (χ1v) is 6.06. The molecule has 0 spiro atoms. The Labute approximate surface area is 105 Å². The van der Waals surface area contributed by atoms with Gasteiger partial charge in [0.25, 0.3) is 5.91 Å². The topological polar surface area (TPSA) is 89.8 Å². The monoisotopic (exact) mass is 251 g/mol. The Morgan fingerprint density at radius 3 is 2.67 bits per heavy atom. The van der Waals surface area contributed by atoms with Crippen LogP contribution in [0.5, 0.6) is 11.5 Å². The van der Waals surface area contributed by atoms with E-state index in [-0.39, 0.29) is 35.0 Å². The Hall–Kier alpha value is -1.75. The fraction of sp³-hybridized carbons (Fsp3) is 0.462. The highest BCUT2D eigenvalue weighted by Crippen LogP contribution is 2.26. The van der Waals surface area contributed by atoms with Gasteiger partial charge in [0.15, 0.2) is 11.5 Å². The molecule has 0 aliphatic heterocycles. The van der Waals surface area contributed by atoms with E-state index >= 15 is 0 Å². The predicted octanol–water partition coefficient (Wildman–Crippen LogP) is 0.989. The molecule has 5 heteroatoms. The molecule has 18 heavy (non-hydrogen) atoms. The van der Waals surface area contributed by atoms with Gasteiger partial charge in [-0.15, -0.1) is 0 Å². The number of phenols is 2. The van der Waals surface area contributed by atoms with Crippen molar-refractivity contribution in [2.75, 3.05) is 6.54 Å². The summed E-state index contributed by atoms with van der Waals surface area (Å²) in [5, 5.41) is 30.8. The Kier molecular flexibility index (Phi) is 3.72. The quantitative estimate of drug-likeness (QED) is 0.603. The minimum absolute atomic E-state index is 0.111. The van der Waals surface area contributed by atoms with Crippen molar-refractivity contribution in [1.29, 1.82) is 0 Å². The average Bonchev–Trinajstić information content (AvgIpc) is 2.75. The van der Waals surface area contributed by atoms with Crippen molar-refractivity contribution < 1.29 is 20.1 Å². The van der Waals surface area contributed by atoms with E-state index in [4.69, 9.17) is 5.11 Å². The van der Waals surface area contributed by atoms with Crippen LogP contribution in [0.25, 0.3) is 0 Å². The predicted molar refractivity (Wildman–Crippen MR) is 65.5 cm³/mol. The molecule has 1 aromatic rings. The maximum atomic E-state index is 11.8. The van der Waals surface area contributed by atoms with Gasteiger partial charge in [-0.3, -0.25) is 4.79 Å². The summed E-state index contributed by atoms with van der Waals surface area (Å²) in [7, 11) is 0. The Bertz CT molecular complexity index is 447. The number of hydrogen-bond donors (Lipinski definition) is 4. The number of aliphatic hydroxyl groups is 1. The summed E-state index contributed by atoms with van der Waals surface area (Å²) < 4.78 is 0.